The van der Waals surface area contributed by atoms with Crippen molar-refractivity contribution in [2.45, 2.75) is 65.8 Å². The zero-order chi connectivity index (χ0) is 31.5. The summed E-state index contributed by atoms with van der Waals surface area (Å²) in [4.78, 5) is 47.7. The van der Waals surface area contributed by atoms with Gasteiger partial charge in [0.25, 0.3) is 11.5 Å². The summed E-state index contributed by atoms with van der Waals surface area (Å²) in [6.45, 7) is 8.27. The molecule has 1 atom stereocenters. The molecule has 9 heteroatoms. The van der Waals surface area contributed by atoms with Crippen LogP contribution in [0.5, 0.6) is 0 Å². The van der Waals surface area contributed by atoms with Crippen LogP contribution in [0.25, 0.3) is 33.6 Å². The molecule has 5 rings (SSSR count). The number of aromatic nitrogens is 2. The van der Waals surface area contributed by atoms with Crippen LogP contribution in [0.15, 0.2) is 64.3 Å². The van der Waals surface area contributed by atoms with Crippen LogP contribution < -0.4 is 5.56 Å². The minimum absolute atomic E-state index is 0.282. The number of thiazole rings is 1. The van der Waals surface area contributed by atoms with Crippen molar-refractivity contribution in [1.29, 1.82) is 0 Å². The van der Waals surface area contributed by atoms with Crippen LogP contribution >= 0.6 is 22.9 Å². The van der Waals surface area contributed by atoms with Crippen molar-refractivity contribution >= 4 is 40.9 Å². The third-order valence-corrected chi connectivity index (χ3v) is 9.13. The molecule has 2 aromatic carbocycles. The first-order valence-corrected chi connectivity index (χ1v) is 16.2. The third-order valence-electron chi connectivity index (χ3n) is 8.01. The monoisotopic (exact) mass is 629 g/mol. The van der Waals surface area contributed by atoms with Gasteiger partial charge in [-0.05, 0) is 81.4 Å². The molecule has 1 fully saturated rings. The van der Waals surface area contributed by atoms with E-state index in [-0.39, 0.29) is 11.1 Å². The zero-order valence-corrected chi connectivity index (χ0v) is 27.0. The van der Waals surface area contributed by atoms with Crippen molar-refractivity contribution in [3.8, 4) is 27.5 Å². The fourth-order valence-corrected chi connectivity index (χ4v) is 6.79. The predicted octanol–water partition coefficient (Wildman–Crippen LogP) is 7.91. The molecule has 1 N–H and O–H groups in total. The summed E-state index contributed by atoms with van der Waals surface area (Å²) in [6, 6.07) is 14.0. The number of likely N-dealkylation sites (tertiary alicyclic amines) is 1. The number of amides is 1. The van der Waals surface area contributed by atoms with E-state index >= 15 is 0 Å². The normalized spacial score (nSPS) is 14.8. The number of allylic oxidation sites excluding steroid dienone is 1. The Balaban J connectivity index is 1.84. The fraction of sp³-hybridized carbons (Fsp3) is 0.314. The lowest BCUT2D eigenvalue weighted by Crippen LogP contribution is -2.48. The van der Waals surface area contributed by atoms with Crippen molar-refractivity contribution in [2.75, 3.05) is 6.54 Å². The van der Waals surface area contributed by atoms with Crippen molar-refractivity contribution < 1.29 is 14.7 Å². The Morgan fingerprint density at radius 2 is 1.75 bits per heavy atom. The topological polar surface area (TPSA) is 92.5 Å². The summed E-state index contributed by atoms with van der Waals surface area (Å²) in [5.74, 6) is -1.42. The molecule has 0 aliphatic carbocycles. The Labute approximate surface area is 266 Å². The molecular weight excluding hydrogens is 594 g/mol. The van der Waals surface area contributed by atoms with Gasteiger partial charge in [-0.1, -0.05) is 61.4 Å². The average molecular weight is 630 g/mol. The van der Waals surface area contributed by atoms with Crippen molar-refractivity contribution in [1.82, 2.24) is 14.5 Å². The van der Waals surface area contributed by atoms with E-state index in [0.717, 1.165) is 40.8 Å². The van der Waals surface area contributed by atoms with Crippen molar-refractivity contribution in [3.05, 3.63) is 97.2 Å². The van der Waals surface area contributed by atoms with Crippen LogP contribution in [0.2, 0.25) is 5.02 Å². The number of rotatable bonds is 8. The molecule has 1 amide bonds. The van der Waals surface area contributed by atoms with E-state index < -0.39 is 17.9 Å². The first kappa shape index (κ1) is 31.4. The molecule has 228 valence electrons. The molecule has 3 heterocycles. The van der Waals surface area contributed by atoms with E-state index in [2.05, 4.69) is 0 Å². The summed E-state index contributed by atoms with van der Waals surface area (Å²) >= 11 is 7.43. The maximum atomic E-state index is 14.7. The molecule has 44 heavy (non-hydrogen) atoms. The molecule has 7 nitrogen and oxygen atoms in total. The molecule has 1 aliphatic rings. The first-order chi connectivity index (χ1) is 21.1. The minimum atomic E-state index is -1.02. The molecule has 0 spiro atoms. The molecule has 0 radical (unpaired) electrons. The molecule has 2 aromatic heterocycles. The van der Waals surface area contributed by atoms with Gasteiger partial charge in [0, 0.05) is 22.5 Å². The second-order valence-electron chi connectivity index (χ2n) is 11.2. The molecule has 0 bridgehead atoms. The van der Waals surface area contributed by atoms with Crippen LogP contribution in [0.4, 0.5) is 0 Å². The lowest BCUT2D eigenvalue weighted by atomic mass is 9.97. The van der Waals surface area contributed by atoms with Gasteiger partial charge in [-0.15, -0.1) is 11.3 Å². The Bertz CT molecular complexity index is 1780. The van der Waals surface area contributed by atoms with Crippen molar-refractivity contribution in [3.63, 3.8) is 0 Å². The van der Waals surface area contributed by atoms with Gasteiger partial charge in [0.05, 0.1) is 28.2 Å². The summed E-state index contributed by atoms with van der Waals surface area (Å²) in [5.41, 5.74) is 5.91. The molecule has 1 saturated heterocycles. The standard InChI is InChI=1S/C35H36ClN3O4S/c1-5-22-10-9-11-23(6-2)31(22)39-30(18-21(3)4)26(33(40)38-17-8-7-12-29(38)35(42)43)19-27(34(39)41)32-37-28(20-44-32)24-13-15-25(36)16-14-24/h9-11,13-16,18-20,29H,5-8,12,17H2,1-4H3,(H,42,43). The van der Waals surface area contributed by atoms with Gasteiger partial charge in [0.2, 0.25) is 0 Å². The van der Waals surface area contributed by atoms with E-state index in [9.17, 15) is 19.5 Å². The van der Waals surface area contributed by atoms with Gasteiger partial charge < -0.3 is 10.0 Å². The number of para-hydroxylation sites is 1. The Hall–Kier alpha value is -4.01. The SMILES string of the molecule is CCc1cccc(CC)c1-n1c(C=C(C)C)c(C(=O)N2CCCCC2C(=O)O)cc(-c2nc(-c3ccc(Cl)cc3)cs2)c1=O. The number of aryl methyl sites for hydroxylation is 2. The highest BCUT2D eigenvalue weighted by molar-refractivity contribution is 7.13. The number of nitrogens with zero attached hydrogens (tertiary/aromatic N) is 3. The number of carboxylic acid groups (broad SMARTS) is 1. The second kappa shape index (κ2) is 13.3. The van der Waals surface area contributed by atoms with Crippen LogP contribution in [-0.2, 0) is 17.6 Å². The average Bonchev–Trinajstić information content (AvgIpc) is 3.51. The van der Waals surface area contributed by atoms with Gasteiger partial charge in [-0.25, -0.2) is 9.78 Å². The van der Waals surface area contributed by atoms with Crippen LogP contribution in [-0.4, -0.2) is 44.0 Å². The highest BCUT2D eigenvalue weighted by Crippen LogP contribution is 2.33. The number of aliphatic carboxylic acids is 1. The van der Waals surface area contributed by atoms with E-state index in [1.165, 1.54) is 16.2 Å². The third kappa shape index (κ3) is 6.14. The Morgan fingerprint density at radius 3 is 2.36 bits per heavy atom. The van der Waals surface area contributed by atoms with Crippen LogP contribution in [0.1, 0.15) is 74.1 Å². The quantitative estimate of drug-likeness (QED) is 0.214. The summed E-state index contributed by atoms with van der Waals surface area (Å²) in [5, 5.41) is 13.0. The number of piperidine rings is 1. The number of hydrogen-bond donors (Lipinski definition) is 1. The smallest absolute Gasteiger partial charge is 0.326 e. The van der Waals surface area contributed by atoms with Gasteiger partial charge in [0.15, 0.2) is 0 Å². The summed E-state index contributed by atoms with van der Waals surface area (Å²) in [6.07, 6.45) is 5.06. The van der Waals surface area contributed by atoms with Gasteiger partial charge in [-0.2, -0.15) is 0 Å². The van der Waals surface area contributed by atoms with Gasteiger partial charge in [-0.3, -0.25) is 14.2 Å². The summed E-state index contributed by atoms with van der Waals surface area (Å²) in [7, 11) is 0. The van der Waals surface area contributed by atoms with E-state index in [1.54, 1.807) is 22.8 Å². The lowest BCUT2D eigenvalue weighted by molar-refractivity contribution is -0.143. The van der Waals surface area contributed by atoms with E-state index in [1.807, 2.05) is 69.5 Å². The molecule has 0 saturated carbocycles. The maximum absolute atomic E-state index is 14.7. The molecule has 4 aromatic rings. The fourth-order valence-electron chi connectivity index (χ4n) is 5.83. The number of benzene rings is 2. The molecule has 1 aliphatic heterocycles. The maximum Gasteiger partial charge on any atom is 0.326 e. The van der Waals surface area contributed by atoms with Gasteiger partial charge in [0.1, 0.15) is 11.0 Å². The zero-order valence-electron chi connectivity index (χ0n) is 25.4. The number of carbonyl (C=O) groups excluding carboxylic acids is 1. The van der Waals surface area contributed by atoms with E-state index in [4.69, 9.17) is 16.6 Å². The van der Waals surface area contributed by atoms with E-state index in [0.29, 0.717) is 52.8 Å². The Morgan fingerprint density at radius 1 is 1.07 bits per heavy atom. The summed E-state index contributed by atoms with van der Waals surface area (Å²) < 4.78 is 1.66. The second-order valence-corrected chi connectivity index (χ2v) is 12.5. The minimum Gasteiger partial charge on any atom is -0.480 e. The van der Waals surface area contributed by atoms with Gasteiger partial charge >= 0.3 is 5.97 Å². The lowest BCUT2D eigenvalue weighted by Gasteiger charge is -2.33. The number of halogens is 1. The highest BCUT2D eigenvalue weighted by atomic mass is 35.5. The number of pyridine rings is 1. The molecular formula is C35H36ClN3O4S. The van der Waals surface area contributed by atoms with Crippen molar-refractivity contribution in [2.24, 2.45) is 0 Å². The number of hydrogen-bond acceptors (Lipinski definition) is 5. The largest absolute Gasteiger partial charge is 0.480 e. The highest BCUT2D eigenvalue weighted by Gasteiger charge is 2.35. The number of carboxylic acids is 1. The first-order valence-electron chi connectivity index (χ1n) is 15.0. The Kier molecular flexibility index (Phi) is 9.51. The van der Waals surface area contributed by atoms with Crippen LogP contribution in [0, 0.1) is 0 Å². The predicted molar refractivity (Wildman–Crippen MR) is 178 cm³/mol. The van der Waals surface area contributed by atoms with Crippen LogP contribution in [0.3, 0.4) is 0 Å². The number of carbonyl (C=O) groups is 2. The molecule has 1 unspecified atom stereocenters.